The van der Waals surface area contributed by atoms with Crippen molar-refractivity contribution in [1.82, 2.24) is 0 Å². The van der Waals surface area contributed by atoms with Gasteiger partial charge in [-0.05, 0) is 47.7 Å². The molecule has 0 amide bonds. The molecule has 0 saturated carbocycles. The molecule has 4 heteroatoms. The van der Waals surface area contributed by atoms with Gasteiger partial charge in [-0.2, -0.15) is 0 Å². The fraction of sp³-hybridized carbons (Fsp3) is 0.286. The Morgan fingerprint density at radius 2 is 2.06 bits per heavy atom. The molecule has 0 aliphatic carbocycles. The van der Waals surface area contributed by atoms with Gasteiger partial charge in [-0.3, -0.25) is 0 Å². The van der Waals surface area contributed by atoms with Crippen LogP contribution in [0.5, 0.6) is 11.5 Å². The van der Waals surface area contributed by atoms with Crippen LogP contribution in [0.15, 0.2) is 29.6 Å². The van der Waals surface area contributed by atoms with Gasteiger partial charge in [-0.1, -0.05) is 6.07 Å². The van der Waals surface area contributed by atoms with E-state index in [1.165, 1.54) is 4.88 Å². The first kappa shape index (κ1) is 12.9. The third-order valence-corrected chi connectivity index (χ3v) is 3.69. The molecule has 2 rings (SSSR count). The summed E-state index contributed by atoms with van der Waals surface area (Å²) in [6.45, 7) is 0.591. The number of ether oxygens (including phenoxy) is 2. The molecule has 0 fully saturated rings. The normalized spacial score (nSPS) is 10.4. The molecule has 2 N–H and O–H groups in total. The molecule has 0 atom stereocenters. The maximum atomic E-state index is 5.65. The Balaban J connectivity index is 2.53. The molecule has 1 aromatic heterocycles. The quantitative estimate of drug-likeness (QED) is 0.902. The van der Waals surface area contributed by atoms with Gasteiger partial charge in [-0.15, -0.1) is 11.3 Å². The Hall–Kier alpha value is -1.52. The summed E-state index contributed by atoms with van der Waals surface area (Å²) < 4.78 is 10.8. The lowest BCUT2D eigenvalue weighted by atomic mass is 10.0. The van der Waals surface area contributed by atoms with Crippen molar-refractivity contribution in [3.05, 3.63) is 35.2 Å². The van der Waals surface area contributed by atoms with Crippen LogP contribution >= 0.6 is 11.3 Å². The second kappa shape index (κ2) is 5.89. The maximum absolute atomic E-state index is 5.65. The monoisotopic (exact) mass is 263 g/mol. The summed E-state index contributed by atoms with van der Waals surface area (Å²) in [6, 6.07) is 8.27. The summed E-state index contributed by atoms with van der Waals surface area (Å²) in [7, 11) is 3.31. The predicted octanol–water partition coefficient (Wildman–Crippen LogP) is 2.93. The zero-order chi connectivity index (χ0) is 13.0. The van der Waals surface area contributed by atoms with E-state index in [9.17, 15) is 0 Å². The van der Waals surface area contributed by atoms with Gasteiger partial charge in [0.05, 0.1) is 14.2 Å². The van der Waals surface area contributed by atoms with Crippen molar-refractivity contribution in [3.63, 3.8) is 0 Å². The number of hydrogen-bond acceptors (Lipinski definition) is 4. The summed E-state index contributed by atoms with van der Waals surface area (Å²) in [4.78, 5) is 1.22. The van der Waals surface area contributed by atoms with Crippen molar-refractivity contribution >= 4 is 11.3 Å². The molecule has 0 spiro atoms. The minimum Gasteiger partial charge on any atom is -0.493 e. The third-order valence-electron chi connectivity index (χ3n) is 2.78. The SMILES string of the molecule is COc1cc(-c2cccs2)cc(CCN)c1OC. The van der Waals surface area contributed by atoms with Gasteiger partial charge in [0.25, 0.3) is 0 Å². The summed E-state index contributed by atoms with van der Waals surface area (Å²) in [6.07, 6.45) is 0.777. The number of nitrogens with two attached hydrogens (primary N) is 1. The largest absolute Gasteiger partial charge is 0.493 e. The van der Waals surface area contributed by atoms with Crippen molar-refractivity contribution in [3.8, 4) is 21.9 Å². The van der Waals surface area contributed by atoms with Crippen LogP contribution in [-0.4, -0.2) is 20.8 Å². The van der Waals surface area contributed by atoms with Crippen LogP contribution in [-0.2, 0) is 6.42 Å². The van der Waals surface area contributed by atoms with Gasteiger partial charge in [0, 0.05) is 4.88 Å². The smallest absolute Gasteiger partial charge is 0.163 e. The molecule has 0 bridgehead atoms. The third kappa shape index (κ3) is 2.49. The van der Waals surface area contributed by atoms with E-state index < -0.39 is 0 Å². The lowest BCUT2D eigenvalue weighted by Gasteiger charge is -2.14. The molecule has 1 heterocycles. The first-order chi connectivity index (χ1) is 8.80. The summed E-state index contributed by atoms with van der Waals surface area (Å²) in [5, 5.41) is 2.06. The summed E-state index contributed by atoms with van der Waals surface area (Å²) in [5.74, 6) is 1.54. The highest BCUT2D eigenvalue weighted by atomic mass is 32.1. The van der Waals surface area contributed by atoms with Crippen LogP contribution in [0.25, 0.3) is 10.4 Å². The second-order valence-corrected chi connectivity index (χ2v) is 4.83. The van der Waals surface area contributed by atoms with Gasteiger partial charge in [-0.25, -0.2) is 0 Å². The number of hydrogen-bond donors (Lipinski definition) is 1. The van der Waals surface area contributed by atoms with Crippen LogP contribution in [0, 0.1) is 0 Å². The second-order valence-electron chi connectivity index (χ2n) is 3.89. The Bertz CT molecular complexity index is 509. The van der Waals surface area contributed by atoms with E-state index in [2.05, 4.69) is 17.5 Å². The van der Waals surface area contributed by atoms with Gasteiger partial charge in [0.15, 0.2) is 11.5 Å². The highest BCUT2D eigenvalue weighted by molar-refractivity contribution is 7.13. The average molecular weight is 263 g/mol. The molecular formula is C14H17NO2S. The Kier molecular flexibility index (Phi) is 4.23. The maximum Gasteiger partial charge on any atom is 0.163 e. The zero-order valence-corrected chi connectivity index (χ0v) is 11.4. The number of rotatable bonds is 5. The van der Waals surface area contributed by atoms with E-state index in [4.69, 9.17) is 15.2 Å². The van der Waals surface area contributed by atoms with Crippen molar-refractivity contribution in [2.75, 3.05) is 20.8 Å². The average Bonchev–Trinajstić information content (AvgIpc) is 2.92. The molecule has 1 aromatic carbocycles. The van der Waals surface area contributed by atoms with Crippen LogP contribution in [0.1, 0.15) is 5.56 Å². The summed E-state index contributed by atoms with van der Waals surface area (Å²) in [5.41, 5.74) is 7.88. The minimum absolute atomic E-state index is 0.591. The number of thiophene rings is 1. The van der Waals surface area contributed by atoms with Crippen molar-refractivity contribution in [2.45, 2.75) is 6.42 Å². The topological polar surface area (TPSA) is 44.5 Å². The van der Waals surface area contributed by atoms with Crippen molar-refractivity contribution < 1.29 is 9.47 Å². The fourth-order valence-corrected chi connectivity index (χ4v) is 2.68. The van der Waals surface area contributed by atoms with Gasteiger partial charge in [0.1, 0.15) is 0 Å². The van der Waals surface area contributed by atoms with Crippen molar-refractivity contribution in [1.29, 1.82) is 0 Å². The van der Waals surface area contributed by atoms with Crippen LogP contribution in [0.4, 0.5) is 0 Å². The van der Waals surface area contributed by atoms with Gasteiger partial charge < -0.3 is 15.2 Å². The molecule has 96 valence electrons. The first-order valence-corrected chi connectivity index (χ1v) is 6.67. The number of benzene rings is 1. The fourth-order valence-electron chi connectivity index (χ4n) is 1.97. The summed E-state index contributed by atoms with van der Waals surface area (Å²) >= 11 is 1.71. The molecular weight excluding hydrogens is 246 g/mol. The molecule has 2 aromatic rings. The van der Waals surface area contributed by atoms with Crippen LogP contribution in [0.3, 0.4) is 0 Å². The van der Waals surface area contributed by atoms with E-state index in [1.807, 2.05) is 12.1 Å². The van der Waals surface area contributed by atoms with Crippen LogP contribution in [0.2, 0.25) is 0 Å². The highest BCUT2D eigenvalue weighted by Gasteiger charge is 2.13. The van der Waals surface area contributed by atoms with Crippen molar-refractivity contribution in [2.24, 2.45) is 5.73 Å². The minimum atomic E-state index is 0.591. The highest BCUT2D eigenvalue weighted by Crippen LogP contribution is 2.37. The molecule has 0 unspecified atom stereocenters. The van der Waals surface area contributed by atoms with Crippen LogP contribution < -0.4 is 15.2 Å². The lowest BCUT2D eigenvalue weighted by Crippen LogP contribution is -2.05. The molecule has 0 aliphatic heterocycles. The lowest BCUT2D eigenvalue weighted by molar-refractivity contribution is 0.352. The van der Waals surface area contributed by atoms with Gasteiger partial charge in [0.2, 0.25) is 0 Å². The van der Waals surface area contributed by atoms with E-state index in [1.54, 1.807) is 25.6 Å². The molecule has 3 nitrogen and oxygen atoms in total. The predicted molar refractivity (Wildman–Crippen MR) is 75.6 cm³/mol. The van der Waals surface area contributed by atoms with E-state index in [0.717, 1.165) is 29.0 Å². The molecule has 0 radical (unpaired) electrons. The van der Waals surface area contributed by atoms with E-state index in [-0.39, 0.29) is 0 Å². The molecule has 18 heavy (non-hydrogen) atoms. The Morgan fingerprint density at radius 1 is 1.22 bits per heavy atom. The number of methoxy groups -OCH3 is 2. The Labute approximate surface area is 111 Å². The standard InChI is InChI=1S/C14H17NO2S/c1-16-12-9-11(13-4-3-7-18-13)8-10(5-6-15)14(12)17-2/h3-4,7-9H,5-6,15H2,1-2H3. The zero-order valence-electron chi connectivity index (χ0n) is 10.6. The molecule has 0 aliphatic rings. The molecule has 0 saturated heterocycles. The van der Waals surface area contributed by atoms with Gasteiger partial charge >= 0.3 is 0 Å². The van der Waals surface area contributed by atoms with E-state index in [0.29, 0.717) is 6.54 Å². The van der Waals surface area contributed by atoms with E-state index >= 15 is 0 Å². The Morgan fingerprint density at radius 3 is 2.61 bits per heavy atom. The first-order valence-electron chi connectivity index (χ1n) is 5.79.